The van der Waals surface area contributed by atoms with E-state index in [9.17, 15) is 5.11 Å². The summed E-state index contributed by atoms with van der Waals surface area (Å²) in [5.41, 5.74) is -0.151. The van der Waals surface area contributed by atoms with Gasteiger partial charge in [-0.15, -0.1) is 11.8 Å². The molecule has 0 aliphatic heterocycles. The van der Waals surface area contributed by atoms with Crippen LogP contribution in [0.15, 0.2) is 35.2 Å². The lowest BCUT2D eigenvalue weighted by Gasteiger charge is -2.26. The van der Waals surface area contributed by atoms with Crippen molar-refractivity contribution in [3.63, 3.8) is 0 Å². The van der Waals surface area contributed by atoms with Crippen LogP contribution in [0.5, 0.6) is 0 Å². The second-order valence-electron chi connectivity index (χ2n) is 3.88. The van der Waals surface area contributed by atoms with E-state index in [1.54, 1.807) is 0 Å². The fourth-order valence-electron chi connectivity index (χ4n) is 1.19. The van der Waals surface area contributed by atoms with Gasteiger partial charge >= 0.3 is 0 Å². The van der Waals surface area contributed by atoms with Gasteiger partial charge in [0.15, 0.2) is 0 Å². The molecule has 15 heavy (non-hydrogen) atoms. The van der Waals surface area contributed by atoms with Crippen molar-refractivity contribution in [3.05, 3.63) is 30.3 Å². The van der Waals surface area contributed by atoms with Crippen LogP contribution in [-0.4, -0.2) is 30.1 Å². The largest absolute Gasteiger partial charge is 0.394 e. The Labute approximate surface area is 96.1 Å². The molecule has 1 aromatic rings. The number of aliphatic hydroxyl groups is 1. The maximum atomic E-state index is 9.21. The first-order chi connectivity index (χ1) is 7.20. The van der Waals surface area contributed by atoms with Crippen molar-refractivity contribution in [2.24, 2.45) is 0 Å². The summed E-state index contributed by atoms with van der Waals surface area (Å²) in [6.07, 6.45) is 0.958. The highest BCUT2D eigenvalue weighted by molar-refractivity contribution is 7.99. The number of rotatable bonds is 6. The summed E-state index contributed by atoms with van der Waals surface area (Å²) in [5, 5.41) is 12.4. The Balaban J connectivity index is 2.33. The Bertz CT molecular complexity index is 272. The molecule has 1 unspecified atom stereocenters. The molecule has 0 aliphatic rings. The van der Waals surface area contributed by atoms with Crippen molar-refractivity contribution in [1.29, 1.82) is 0 Å². The Kier molecular flexibility index (Phi) is 5.15. The number of benzene rings is 1. The van der Waals surface area contributed by atoms with Crippen LogP contribution in [0.25, 0.3) is 0 Å². The SMILES string of the molecule is CNC(C)(CO)CCSc1ccccc1. The second-order valence-corrected chi connectivity index (χ2v) is 5.05. The highest BCUT2D eigenvalue weighted by Crippen LogP contribution is 2.21. The lowest BCUT2D eigenvalue weighted by atomic mass is 10.0. The van der Waals surface area contributed by atoms with E-state index in [1.165, 1.54) is 4.90 Å². The van der Waals surface area contributed by atoms with Crippen LogP contribution in [0.2, 0.25) is 0 Å². The fourth-order valence-corrected chi connectivity index (χ4v) is 2.33. The van der Waals surface area contributed by atoms with Gasteiger partial charge in [-0.05, 0) is 38.3 Å². The number of aliphatic hydroxyl groups excluding tert-OH is 1. The molecule has 0 aliphatic carbocycles. The highest BCUT2D eigenvalue weighted by Gasteiger charge is 2.19. The zero-order valence-corrected chi connectivity index (χ0v) is 10.2. The maximum absolute atomic E-state index is 9.21. The van der Waals surface area contributed by atoms with E-state index in [-0.39, 0.29) is 12.1 Å². The smallest absolute Gasteiger partial charge is 0.0610 e. The van der Waals surface area contributed by atoms with Crippen LogP contribution in [0.4, 0.5) is 0 Å². The first kappa shape index (κ1) is 12.6. The van der Waals surface area contributed by atoms with Crippen LogP contribution in [0.3, 0.4) is 0 Å². The maximum Gasteiger partial charge on any atom is 0.0610 e. The number of hydrogen-bond acceptors (Lipinski definition) is 3. The zero-order chi connectivity index (χ0) is 11.1. The van der Waals surface area contributed by atoms with Gasteiger partial charge in [-0.1, -0.05) is 18.2 Å². The van der Waals surface area contributed by atoms with E-state index in [4.69, 9.17) is 0 Å². The summed E-state index contributed by atoms with van der Waals surface area (Å²) in [5.74, 6) is 1.02. The predicted octanol–water partition coefficient (Wildman–Crippen LogP) is 2.14. The summed E-state index contributed by atoms with van der Waals surface area (Å²) in [6, 6.07) is 10.3. The third-order valence-electron chi connectivity index (χ3n) is 2.62. The van der Waals surface area contributed by atoms with Crippen molar-refractivity contribution < 1.29 is 5.11 Å². The van der Waals surface area contributed by atoms with E-state index < -0.39 is 0 Å². The van der Waals surface area contributed by atoms with E-state index in [2.05, 4.69) is 17.4 Å². The van der Waals surface area contributed by atoms with Gasteiger partial charge in [0, 0.05) is 10.4 Å². The molecule has 2 nitrogen and oxygen atoms in total. The minimum absolute atomic E-state index is 0.151. The van der Waals surface area contributed by atoms with E-state index in [0.717, 1.165) is 12.2 Å². The average Bonchev–Trinajstić information content (AvgIpc) is 2.30. The zero-order valence-electron chi connectivity index (χ0n) is 9.36. The van der Waals surface area contributed by atoms with Crippen molar-refractivity contribution in [3.8, 4) is 0 Å². The molecule has 84 valence electrons. The topological polar surface area (TPSA) is 32.3 Å². The van der Waals surface area contributed by atoms with Crippen molar-refractivity contribution in [2.75, 3.05) is 19.4 Å². The Morgan fingerprint density at radius 3 is 2.53 bits per heavy atom. The van der Waals surface area contributed by atoms with Crippen LogP contribution in [0.1, 0.15) is 13.3 Å². The molecule has 0 saturated carbocycles. The summed E-state index contributed by atoms with van der Waals surface area (Å²) < 4.78 is 0. The van der Waals surface area contributed by atoms with E-state index in [1.807, 2.05) is 43.9 Å². The lowest BCUT2D eigenvalue weighted by Crippen LogP contribution is -2.43. The molecular formula is C12H19NOS. The number of likely N-dealkylation sites (N-methyl/N-ethyl adjacent to an activating group) is 1. The summed E-state index contributed by atoms with van der Waals surface area (Å²) >= 11 is 1.83. The standard InChI is InChI=1S/C12H19NOS/c1-12(10-14,13-2)8-9-15-11-6-4-3-5-7-11/h3-7,13-14H,8-10H2,1-2H3. The van der Waals surface area contributed by atoms with Crippen LogP contribution in [-0.2, 0) is 0 Å². The quantitative estimate of drug-likeness (QED) is 0.728. The Hall–Kier alpha value is -0.510. The molecule has 0 fully saturated rings. The minimum Gasteiger partial charge on any atom is -0.394 e. The Morgan fingerprint density at radius 1 is 1.33 bits per heavy atom. The van der Waals surface area contributed by atoms with Crippen molar-refractivity contribution in [2.45, 2.75) is 23.8 Å². The van der Waals surface area contributed by atoms with Crippen LogP contribution < -0.4 is 5.32 Å². The molecule has 0 heterocycles. The number of thioether (sulfide) groups is 1. The average molecular weight is 225 g/mol. The fraction of sp³-hybridized carbons (Fsp3) is 0.500. The molecule has 0 aromatic heterocycles. The first-order valence-electron chi connectivity index (χ1n) is 5.18. The van der Waals surface area contributed by atoms with Gasteiger partial charge in [-0.25, -0.2) is 0 Å². The van der Waals surface area contributed by atoms with Crippen molar-refractivity contribution >= 4 is 11.8 Å². The molecule has 0 saturated heterocycles. The van der Waals surface area contributed by atoms with Crippen LogP contribution >= 0.6 is 11.8 Å². The second kappa shape index (κ2) is 6.16. The highest BCUT2D eigenvalue weighted by atomic mass is 32.2. The van der Waals surface area contributed by atoms with Gasteiger partial charge < -0.3 is 10.4 Å². The molecular weight excluding hydrogens is 206 g/mol. The van der Waals surface area contributed by atoms with E-state index >= 15 is 0 Å². The predicted molar refractivity (Wildman–Crippen MR) is 66.3 cm³/mol. The summed E-state index contributed by atoms with van der Waals surface area (Å²) in [7, 11) is 1.89. The van der Waals surface area contributed by atoms with Crippen LogP contribution in [0, 0.1) is 0 Å². The summed E-state index contributed by atoms with van der Waals surface area (Å²) in [4.78, 5) is 1.29. The van der Waals surface area contributed by atoms with Gasteiger partial charge in [0.1, 0.15) is 0 Å². The molecule has 0 spiro atoms. The molecule has 1 aromatic carbocycles. The molecule has 0 amide bonds. The van der Waals surface area contributed by atoms with Gasteiger partial charge in [0.05, 0.1) is 6.61 Å². The summed E-state index contributed by atoms with van der Waals surface area (Å²) in [6.45, 7) is 2.22. The number of hydrogen-bond donors (Lipinski definition) is 2. The van der Waals surface area contributed by atoms with Crippen molar-refractivity contribution in [1.82, 2.24) is 5.32 Å². The van der Waals surface area contributed by atoms with Gasteiger partial charge in [-0.2, -0.15) is 0 Å². The first-order valence-corrected chi connectivity index (χ1v) is 6.16. The molecule has 0 bridgehead atoms. The molecule has 2 N–H and O–H groups in total. The molecule has 1 rings (SSSR count). The lowest BCUT2D eigenvalue weighted by molar-refractivity contribution is 0.179. The van der Waals surface area contributed by atoms with Gasteiger partial charge in [0.2, 0.25) is 0 Å². The molecule has 1 atom stereocenters. The van der Waals surface area contributed by atoms with E-state index in [0.29, 0.717) is 0 Å². The number of nitrogens with one attached hydrogen (secondary N) is 1. The molecule has 0 radical (unpaired) electrons. The monoisotopic (exact) mass is 225 g/mol. The van der Waals surface area contributed by atoms with Gasteiger partial charge in [0.25, 0.3) is 0 Å². The third kappa shape index (κ3) is 4.24. The minimum atomic E-state index is -0.151. The Morgan fingerprint density at radius 2 is 2.00 bits per heavy atom. The van der Waals surface area contributed by atoms with Gasteiger partial charge in [-0.3, -0.25) is 0 Å². The normalized spacial score (nSPS) is 14.9. The third-order valence-corrected chi connectivity index (χ3v) is 3.63. The molecule has 3 heteroatoms.